The number of nitrogens with zero attached hydrogens (tertiary/aromatic N) is 1. The number of rotatable bonds is 0. The van der Waals surface area contributed by atoms with Crippen molar-refractivity contribution >= 4 is 5.70 Å². The van der Waals surface area contributed by atoms with Crippen LogP contribution in [-0.2, 0) is 0 Å². The van der Waals surface area contributed by atoms with Gasteiger partial charge in [0.25, 0.3) is 0 Å². The standard InChI is InChI=1S/C9H11N3O/c10-8-5-12(13)9(11)7-4-2-1-3-6(7)8/h1-5,9,13H,10-11H2. The molecule has 1 aromatic carbocycles. The van der Waals surface area contributed by atoms with E-state index in [0.29, 0.717) is 5.70 Å². The Labute approximate surface area is 76.0 Å². The topological polar surface area (TPSA) is 75.5 Å². The molecule has 0 aromatic heterocycles. The SMILES string of the molecule is NC1=CN(O)C(N)c2ccccc21. The fourth-order valence-corrected chi connectivity index (χ4v) is 1.45. The normalized spacial score (nSPS) is 20.9. The lowest BCUT2D eigenvalue weighted by molar-refractivity contribution is -0.0801. The van der Waals surface area contributed by atoms with Crippen LogP contribution in [0.2, 0.25) is 0 Å². The molecule has 0 fully saturated rings. The third kappa shape index (κ3) is 1.16. The second kappa shape index (κ2) is 2.76. The molecule has 1 heterocycles. The van der Waals surface area contributed by atoms with Gasteiger partial charge in [0.15, 0.2) is 0 Å². The van der Waals surface area contributed by atoms with E-state index in [4.69, 9.17) is 11.5 Å². The van der Waals surface area contributed by atoms with Gasteiger partial charge < -0.3 is 11.5 Å². The zero-order chi connectivity index (χ0) is 9.42. The molecule has 1 atom stereocenters. The minimum Gasteiger partial charge on any atom is -0.397 e. The van der Waals surface area contributed by atoms with Crippen molar-refractivity contribution in [3.63, 3.8) is 0 Å². The molecule has 0 bridgehead atoms. The van der Waals surface area contributed by atoms with E-state index in [-0.39, 0.29) is 0 Å². The van der Waals surface area contributed by atoms with Crippen LogP contribution in [0.1, 0.15) is 17.3 Å². The molecule has 1 aliphatic heterocycles. The van der Waals surface area contributed by atoms with Gasteiger partial charge in [-0.15, -0.1) is 0 Å². The second-order valence-corrected chi connectivity index (χ2v) is 3.00. The zero-order valence-corrected chi connectivity index (χ0v) is 7.01. The number of nitrogens with two attached hydrogens (primary N) is 2. The molecule has 1 aliphatic rings. The fraction of sp³-hybridized carbons (Fsp3) is 0.111. The monoisotopic (exact) mass is 177 g/mol. The Morgan fingerprint density at radius 2 is 2.00 bits per heavy atom. The quantitative estimate of drug-likeness (QED) is 0.542. The van der Waals surface area contributed by atoms with E-state index in [1.165, 1.54) is 6.20 Å². The minimum atomic E-state index is -0.525. The van der Waals surface area contributed by atoms with Gasteiger partial charge in [0.1, 0.15) is 6.17 Å². The van der Waals surface area contributed by atoms with Gasteiger partial charge in [-0.3, -0.25) is 5.21 Å². The van der Waals surface area contributed by atoms with Crippen LogP contribution in [0, 0.1) is 0 Å². The van der Waals surface area contributed by atoms with E-state index >= 15 is 0 Å². The van der Waals surface area contributed by atoms with Crippen LogP contribution >= 0.6 is 0 Å². The Bertz CT molecular complexity index is 362. The predicted octanol–water partition coefficient (Wildman–Crippen LogP) is 0.606. The summed E-state index contributed by atoms with van der Waals surface area (Å²) >= 11 is 0. The predicted molar refractivity (Wildman–Crippen MR) is 49.2 cm³/mol. The maximum absolute atomic E-state index is 9.35. The summed E-state index contributed by atoms with van der Waals surface area (Å²) in [5, 5.41) is 10.3. The van der Waals surface area contributed by atoms with Gasteiger partial charge in [0, 0.05) is 11.1 Å². The lowest BCUT2D eigenvalue weighted by atomic mass is 10.0. The number of hydrogen-bond donors (Lipinski definition) is 3. The van der Waals surface area contributed by atoms with Crippen molar-refractivity contribution < 1.29 is 5.21 Å². The number of fused-ring (bicyclic) bond motifs is 1. The minimum absolute atomic E-state index is 0.525. The number of hydrogen-bond acceptors (Lipinski definition) is 4. The van der Waals surface area contributed by atoms with E-state index in [2.05, 4.69) is 0 Å². The highest BCUT2D eigenvalue weighted by molar-refractivity contribution is 5.67. The van der Waals surface area contributed by atoms with Crippen LogP contribution in [0.4, 0.5) is 0 Å². The maximum atomic E-state index is 9.35. The van der Waals surface area contributed by atoms with Gasteiger partial charge in [0.05, 0.1) is 11.9 Å². The van der Waals surface area contributed by atoms with Crippen LogP contribution in [0.5, 0.6) is 0 Å². The molecule has 5 N–H and O–H groups in total. The first-order valence-corrected chi connectivity index (χ1v) is 3.99. The highest BCUT2D eigenvalue weighted by atomic mass is 16.5. The Hall–Kier alpha value is -1.52. The molecule has 2 rings (SSSR count). The lowest BCUT2D eigenvalue weighted by Crippen LogP contribution is -2.32. The zero-order valence-electron chi connectivity index (χ0n) is 7.01. The second-order valence-electron chi connectivity index (χ2n) is 3.00. The Kier molecular flexibility index (Phi) is 1.72. The van der Waals surface area contributed by atoms with Crippen molar-refractivity contribution in [2.24, 2.45) is 11.5 Å². The lowest BCUT2D eigenvalue weighted by Gasteiger charge is -2.28. The first kappa shape index (κ1) is 8.10. The summed E-state index contributed by atoms with van der Waals surface area (Å²) in [4.78, 5) is 0. The third-order valence-corrected chi connectivity index (χ3v) is 2.15. The molecule has 0 saturated carbocycles. The van der Waals surface area contributed by atoms with Crippen LogP contribution in [0.15, 0.2) is 30.5 Å². The summed E-state index contributed by atoms with van der Waals surface area (Å²) in [6, 6.07) is 7.49. The Morgan fingerprint density at radius 1 is 1.31 bits per heavy atom. The highest BCUT2D eigenvalue weighted by Crippen LogP contribution is 2.27. The Balaban J connectivity index is 2.58. The summed E-state index contributed by atoms with van der Waals surface area (Å²) in [7, 11) is 0. The molecule has 0 aliphatic carbocycles. The van der Waals surface area contributed by atoms with Crippen molar-refractivity contribution in [2.45, 2.75) is 6.17 Å². The van der Waals surface area contributed by atoms with Crippen molar-refractivity contribution in [3.8, 4) is 0 Å². The average molecular weight is 177 g/mol. The van der Waals surface area contributed by atoms with Crippen molar-refractivity contribution in [1.82, 2.24) is 5.06 Å². The molecule has 0 saturated heterocycles. The fourth-order valence-electron chi connectivity index (χ4n) is 1.45. The average Bonchev–Trinajstić information content (AvgIpc) is 2.15. The van der Waals surface area contributed by atoms with E-state index in [1.807, 2.05) is 24.3 Å². The maximum Gasteiger partial charge on any atom is 0.129 e. The van der Waals surface area contributed by atoms with Crippen LogP contribution in [0.25, 0.3) is 5.70 Å². The van der Waals surface area contributed by atoms with Crippen molar-refractivity contribution in [1.29, 1.82) is 0 Å². The molecular formula is C9H11N3O. The molecule has 13 heavy (non-hydrogen) atoms. The van der Waals surface area contributed by atoms with E-state index < -0.39 is 6.17 Å². The summed E-state index contributed by atoms with van der Waals surface area (Å²) in [5.74, 6) is 0. The molecule has 4 nitrogen and oxygen atoms in total. The summed E-state index contributed by atoms with van der Waals surface area (Å²) < 4.78 is 0. The first-order chi connectivity index (χ1) is 6.20. The third-order valence-electron chi connectivity index (χ3n) is 2.15. The number of benzene rings is 1. The smallest absolute Gasteiger partial charge is 0.129 e. The molecule has 1 unspecified atom stereocenters. The van der Waals surface area contributed by atoms with E-state index in [0.717, 1.165) is 16.2 Å². The van der Waals surface area contributed by atoms with Crippen LogP contribution in [-0.4, -0.2) is 10.3 Å². The van der Waals surface area contributed by atoms with Gasteiger partial charge in [-0.1, -0.05) is 24.3 Å². The van der Waals surface area contributed by atoms with E-state index in [1.54, 1.807) is 0 Å². The van der Waals surface area contributed by atoms with Crippen molar-refractivity contribution in [2.75, 3.05) is 0 Å². The van der Waals surface area contributed by atoms with Gasteiger partial charge in [-0.2, -0.15) is 0 Å². The first-order valence-electron chi connectivity index (χ1n) is 3.99. The molecule has 1 aromatic rings. The van der Waals surface area contributed by atoms with Gasteiger partial charge in [-0.25, -0.2) is 5.06 Å². The molecule has 0 amide bonds. The molecule has 0 radical (unpaired) electrons. The van der Waals surface area contributed by atoms with Gasteiger partial charge in [0.2, 0.25) is 0 Å². The number of hydroxylamine groups is 2. The van der Waals surface area contributed by atoms with Crippen LogP contribution in [0.3, 0.4) is 0 Å². The molecule has 4 heteroatoms. The van der Waals surface area contributed by atoms with E-state index in [9.17, 15) is 5.21 Å². The molecular weight excluding hydrogens is 166 g/mol. The van der Waals surface area contributed by atoms with Crippen LogP contribution < -0.4 is 11.5 Å². The summed E-state index contributed by atoms with van der Waals surface area (Å²) in [6.07, 6.45) is 0.899. The van der Waals surface area contributed by atoms with Crippen molar-refractivity contribution in [3.05, 3.63) is 41.6 Å². The largest absolute Gasteiger partial charge is 0.397 e. The highest BCUT2D eigenvalue weighted by Gasteiger charge is 2.21. The summed E-state index contributed by atoms with van der Waals surface area (Å²) in [5.41, 5.74) is 13.7. The molecule has 0 spiro atoms. The molecule has 68 valence electrons. The Morgan fingerprint density at radius 3 is 2.77 bits per heavy atom. The van der Waals surface area contributed by atoms with Gasteiger partial charge >= 0.3 is 0 Å². The summed E-state index contributed by atoms with van der Waals surface area (Å²) in [6.45, 7) is 0. The van der Waals surface area contributed by atoms with Gasteiger partial charge in [-0.05, 0) is 0 Å².